The molecule has 0 amide bonds. The van der Waals surface area contributed by atoms with Crippen molar-refractivity contribution in [2.24, 2.45) is 5.41 Å². The minimum atomic E-state index is 0.472. The zero-order valence-electron chi connectivity index (χ0n) is 7.22. The summed E-state index contributed by atoms with van der Waals surface area (Å²) in [5, 5.41) is 1.10. The fraction of sp³-hybridized carbons (Fsp3) is 1.00. The summed E-state index contributed by atoms with van der Waals surface area (Å²) in [6, 6.07) is 0. The Morgan fingerprint density at radius 3 is 2.50 bits per heavy atom. The van der Waals surface area contributed by atoms with Gasteiger partial charge in [0, 0.05) is 18.5 Å². The lowest BCUT2D eigenvalue weighted by atomic mass is 9.78. The fourth-order valence-electron chi connectivity index (χ4n) is 1.87. The number of halogens is 1. The molecule has 2 aliphatic heterocycles. The lowest BCUT2D eigenvalue weighted by molar-refractivity contribution is 0.0194. The highest BCUT2D eigenvalue weighted by molar-refractivity contribution is 9.09. The fourth-order valence-corrected chi connectivity index (χ4v) is 2.66. The molecule has 0 aromatic rings. The molecule has 1 atom stereocenters. The van der Waals surface area contributed by atoms with Gasteiger partial charge in [-0.3, -0.25) is 0 Å². The van der Waals surface area contributed by atoms with Gasteiger partial charge in [-0.15, -0.1) is 0 Å². The van der Waals surface area contributed by atoms with Gasteiger partial charge in [-0.2, -0.15) is 0 Å². The molecule has 0 spiro atoms. The third-order valence-electron chi connectivity index (χ3n) is 2.90. The Bertz CT molecular complexity index is 151. The van der Waals surface area contributed by atoms with Gasteiger partial charge in [-0.25, -0.2) is 0 Å². The minimum Gasteiger partial charge on any atom is -0.381 e. The van der Waals surface area contributed by atoms with Crippen molar-refractivity contribution in [2.45, 2.75) is 25.4 Å². The minimum absolute atomic E-state index is 0.472. The zero-order chi connectivity index (χ0) is 8.44. The maximum atomic E-state index is 5.37. The predicted molar refractivity (Wildman–Crippen MR) is 50.6 cm³/mol. The van der Waals surface area contributed by atoms with E-state index in [0.717, 1.165) is 25.2 Å². The average Bonchev–Trinajstić information content (AvgIpc) is 2.90. The Balaban J connectivity index is 1.90. The van der Waals surface area contributed by atoms with Crippen LogP contribution in [-0.2, 0) is 9.47 Å². The first-order valence-electron chi connectivity index (χ1n) is 4.60. The van der Waals surface area contributed by atoms with E-state index in [1.165, 1.54) is 19.3 Å². The van der Waals surface area contributed by atoms with Crippen LogP contribution in [0.15, 0.2) is 0 Å². The second-order valence-electron chi connectivity index (χ2n) is 3.91. The third-order valence-corrected chi connectivity index (χ3v) is 4.09. The van der Waals surface area contributed by atoms with E-state index in [4.69, 9.17) is 9.47 Å². The van der Waals surface area contributed by atoms with Crippen LogP contribution in [0.5, 0.6) is 0 Å². The summed E-state index contributed by atoms with van der Waals surface area (Å²) in [5.74, 6) is 0. The van der Waals surface area contributed by atoms with Crippen molar-refractivity contribution < 1.29 is 9.47 Å². The molecule has 2 fully saturated rings. The van der Waals surface area contributed by atoms with E-state index < -0.39 is 0 Å². The number of alkyl halides is 1. The van der Waals surface area contributed by atoms with Gasteiger partial charge >= 0.3 is 0 Å². The maximum absolute atomic E-state index is 5.37. The summed E-state index contributed by atoms with van der Waals surface area (Å²) in [6.07, 6.45) is 4.17. The van der Waals surface area contributed by atoms with Crippen molar-refractivity contribution in [1.29, 1.82) is 0 Å². The Morgan fingerprint density at radius 2 is 2.00 bits per heavy atom. The lowest BCUT2D eigenvalue weighted by Crippen LogP contribution is -2.32. The number of ether oxygens (including phenoxy) is 2. The lowest BCUT2D eigenvalue weighted by Gasteiger charge is -2.35. The highest BCUT2D eigenvalue weighted by Gasteiger charge is 2.38. The average molecular weight is 235 g/mol. The van der Waals surface area contributed by atoms with E-state index in [1.54, 1.807) is 0 Å². The van der Waals surface area contributed by atoms with E-state index in [9.17, 15) is 0 Å². The number of hydrogen-bond donors (Lipinski definition) is 0. The first kappa shape index (κ1) is 8.97. The second-order valence-corrected chi connectivity index (χ2v) is 4.47. The molecule has 0 aliphatic carbocycles. The highest BCUT2D eigenvalue weighted by Crippen LogP contribution is 2.39. The summed E-state index contributed by atoms with van der Waals surface area (Å²) in [6.45, 7) is 2.84. The highest BCUT2D eigenvalue weighted by atomic mass is 79.9. The Kier molecular flexibility index (Phi) is 2.72. The molecule has 70 valence electrons. The molecule has 3 heteroatoms. The second kappa shape index (κ2) is 3.64. The van der Waals surface area contributed by atoms with Crippen LogP contribution < -0.4 is 0 Å². The molecule has 2 aliphatic rings. The van der Waals surface area contributed by atoms with E-state index in [-0.39, 0.29) is 0 Å². The topological polar surface area (TPSA) is 21.8 Å². The Morgan fingerprint density at radius 1 is 1.33 bits per heavy atom. The normalized spacial score (nSPS) is 33.2. The van der Waals surface area contributed by atoms with Crippen molar-refractivity contribution in [3.8, 4) is 0 Å². The molecule has 12 heavy (non-hydrogen) atoms. The molecular weight excluding hydrogens is 220 g/mol. The van der Waals surface area contributed by atoms with Crippen molar-refractivity contribution >= 4 is 15.9 Å². The van der Waals surface area contributed by atoms with Crippen LogP contribution in [0.4, 0.5) is 0 Å². The van der Waals surface area contributed by atoms with Crippen LogP contribution in [0.1, 0.15) is 19.3 Å². The Labute approximate surface area is 81.7 Å². The molecule has 0 bridgehead atoms. The summed E-state index contributed by atoms with van der Waals surface area (Å²) in [5.41, 5.74) is 0.472. The van der Waals surface area contributed by atoms with Crippen LogP contribution in [0.3, 0.4) is 0 Å². The van der Waals surface area contributed by atoms with Gasteiger partial charge in [0.05, 0.1) is 12.7 Å². The molecule has 0 aromatic carbocycles. The molecular formula is C9H15BrO2. The predicted octanol–water partition coefficient (Wildman–Crippen LogP) is 1.97. The van der Waals surface area contributed by atoms with Crippen molar-refractivity contribution in [3.05, 3.63) is 0 Å². The van der Waals surface area contributed by atoms with Crippen LogP contribution >= 0.6 is 15.9 Å². The van der Waals surface area contributed by atoms with Gasteiger partial charge in [0.1, 0.15) is 0 Å². The molecule has 0 saturated carbocycles. The third kappa shape index (κ3) is 2.01. The van der Waals surface area contributed by atoms with Gasteiger partial charge in [-0.1, -0.05) is 15.9 Å². The first-order chi connectivity index (χ1) is 5.85. The van der Waals surface area contributed by atoms with Crippen molar-refractivity contribution in [3.63, 3.8) is 0 Å². The van der Waals surface area contributed by atoms with Crippen molar-refractivity contribution in [1.82, 2.24) is 0 Å². The summed E-state index contributed by atoms with van der Waals surface area (Å²) in [4.78, 5) is 0. The van der Waals surface area contributed by atoms with E-state index in [0.29, 0.717) is 11.5 Å². The molecule has 2 nitrogen and oxygen atoms in total. The monoisotopic (exact) mass is 234 g/mol. The van der Waals surface area contributed by atoms with Crippen LogP contribution in [0, 0.1) is 5.41 Å². The molecule has 1 unspecified atom stereocenters. The number of epoxide rings is 1. The van der Waals surface area contributed by atoms with Gasteiger partial charge in [0.2, 0.25) is 0 Å². The van der Waals surface area contributed by atoms with E-state index in [1.807, 2.05) is 0 Å². The van der Waals surface area contributed by atoms with Crippen LogP contribution in [0.2, 0.25) is 0 Å². The molecule has 0 radical (unpaired) electrons. The van der Waals surface area contributed by atoms with Crippen LogP contribution in [0.25, 0.3) is 0 Å². The molecule has 2 heterocycles. The number of hydrogen-bond acceptors (Lipinski definition) is 2. The van der Waals surface area contributed by atoms with Gasteiger partial charge in [-0.05, 0) is 24.7 Å². The van der Waals surface area contributed by atoms with E-state index in [2.05, 4.69) is 15.9 Å². The molecule has 0 N–H and O–H groups in total. The summed E-state index contributed by atoms with van der Waals surface area (Å²) < 4.78 is 10.6. The summed E-state index contributed by atoms with van der Waals surface area (Å²) in [7, 11) is 0. The molecule has 0 aromatic heterocycles. The van der Waals surface area contributed by atoms with Crippen molar-refractivity contribution in [2.75, 3.05) is 25.2 Å². The standard InChI is InChI=1S/C9H15BrO2/c10-7-9(5-8-6-12-8)1-3-11-4-2-9/h8H,1-7H2. The molecule has 2 rings (SSSR count). The zero-order valence-corrected chi connectivity index (χ0v) is 8.81. The number of rotatable bonds is 3. The van der Waals surface area contributed by atoms with E-state index >= 15 is 0 Å². The Hall–Kier alpha value is 0.400. The largest absolute Gasteiger partial charge is 0.381 e. The van der Waals surface area contributed by atoms with Gasteiger partial charge in [0.25, 0.3) is 0 Å². The summed E-state index contributed by atoms with van der Waals surface area (Å²) >= 11 is 3.61. The van der Waals surface area contributed by atoms with Crippen LogP contribution in [-0.4, -0.2) is 31.3 Å². The van der Waals surface area contributed by atoms with Gasteiger partial charge < -0.3 is 9.47 Å². The maximum Gasteiger partial charge on any atom is 0.0815 e. The molecule has 2 saturated heterocycles. The van der Waals surface area contributed by atoms with Gasteiger partial charge in [0.15, 0.2) is 0 Å². The SMILES string of the molecule is BrCC1(CC2CO2)CCOCC1. The first-order valence-corrected chi connectivity index (χ1v) is 5.72. The smallest absolute Gasteiger partial charge is 0.0815 e. The quantitative estimate of drug-likeness (QED) is 0.551.